The Labute approximate surface area is 95.4 Å². The van der Waals surface area contributed by atoms with Crippen LogP contribution in [0, 0.1) is 0 Å². The van der Waals surface area contributed by atoms with E-state index in [9.17, 15) is 4.79 Å². The third-order valence-electron chi connectivity index (χ3n) is 2.67. The lowest BCUT2D eigenvalue weighted by molar-refractivity contribution is -0.161. The summed E-state index contributed by atoms with van der Waals surface area (Å²) in [6.45, 7) is 1.00. The van der Waals surface area contributed by atoms with E-state index in [2.05, 4.69) is 0 Å². The molecule has 1 atom stereocenters. The molecule has 0 spiro atoms. The van der Waals surface area contributed by atoms with E-state index in [0.29, 0.717) is 13.2 Å². The van der Waals surface area contributed by atoms with Crippen molar-refractivity contribution in [2.45, 2.75) is 32.0 Å². The van der Waals surface area contributed by atoms with Gasteiger partial charge in [-0.05, 0) is 24.8 Å². The van der Waals surface area contributed by atoms with Crippen molar-refractivity contribution >= 4 is 5.97 Å². The van der Waals surface area contributed by atoms with Gasteiger partial charge in [-0.15, -0.1) is 0 Å². The zero-order chi connectivity index (χ0) is 11.2. The minimum atomic E-state index is -0.350. The Morgan fingerprint density at radius 2 is 2.12 bits per heavy atom. The van der Waals surface area contributed by atoms with Crippen LogP contribution in [0.3, 0.4) is 0 Å². The van der Waals surface area contributed by atoms with E-state index < -0.39 is 0 Å². The highest BCUT2D eigenvalue weighted by Gasteiger charge is 2.23. The van der Waals surface area contributed by atoms with Crippen molar-refractivity contribution in [2.24, 2.45) is 0 Å². The van der Waals surface area contributed by atoms with Crippen LogP contribution in [0.15, 0.2) is 30.3 Å². The molecule has 0 N–H and O–H groups in total. The number of rotatable bonds is 3. The van der Waals surface area contributed by atoms with Gasteiger partial charge in [0.25, 0.3) is 0 Å². The Balaban J connectivity index is 1.79. The van der Waals surface area contributed by atoms with Crippen LogP contribution in [0.25, 0.3) is 0 Å². The molecule has 0 aromatic heterocycles. The number of benzene rings is 1. The Hall–Kier alpha value is -1.35. The molecule has 3 nitrogen and oxygen atoms in total. The molecule has 16 heavy (non-hydrogen) atoms. The van der Waals surface area contributed by atoms with E-state index in [1.165, 1.54) is 0 Å². The Bertz CT molecular complexity index is 328. The van der Waals surface area contributed by atoms with Crippen molar-refractivity contribution < 1.29 is 14.3 Å². The molecule has 1 heterocycles. The maximum Gasteiger partial charge on any atom is 0.335 e. The monoisotopic (exact) mass is 220 g/mol. The summed E-state index contributed by atoms with van der Waals surface area (Å²) >= 11 is 0. The molecule has 0 amide bonds. The average Bonchev–Trinajstić information content (AvgIpc) is 2.38. The van der Waals surface area contributed by atoms with Gasteiger partial charge >= 0.3 is 5.97 Å². The minimum absolute atomic E-state index is 0.233. The fourth-order valence-corrected chi connectivity index (χ4v) is 1.75. The van der Waals surface area contributed by atoms with E-state index in [4.69, 9.17) is 9.47 Å². The number of esters is 1. The van der Waals surface area contributed by atoms with Gasteiger partial charge in [-0.2, -0.15) is 0 Å². The van der Waals surface area contributed by atoms with Crippen molar-refractivity contribution in [3.05, 3.63) is 35.9 Å². The van der Waals surface area contributed by atoms with Crippen molar-refractivity contribution in [1.29, 1.82) is 0 Å². The average molecular weight is 220 g/mol. The number of carbonyl (C=O) groups is 1. The van der Waals surface area contributed by atoms with Crippen molar-refractivity contribution in [3.63, 3.8) is 0 Å². The zero-order valence-electron chi connectivity index (χ0n) is 9.22. The summed E-state index contributed by atoms with van der Waals surface area (Å²) in [6.07, 6.45) is 2.53. The molecule has 1 aromatic rings. The largest absolute Gasteiger partial charge is 0.459 e. The molecule has 1 saturated heterocycles. The van der Waals surface area contributed by atoms with E-state index >= 15 is 0 Å². The second-order valence-corrected chi connectivity index (χ2v) is 3.95. The summed E-state index contributed by atoms with van der Waals surface area (Å²) in [4.78, 5) is 11.6. The highest BCUT2D eigenvalue weighted by Crippen LogP contribution is 2.14. The van der Waals surface area contributed by atoms with Gasteiger partial charge in [-0.3, -0.25) is 0 Å². The second-order valence-electron chi connectivity index (χ2n) is 3.95. The molecular formula is C13H16O3. The predicted molar refractivity (Wildman–Crippen MR) is 59.8 cm³/mol. The third-order valence-corrected chi connectivity index (χ3v) is 2.67. The molecule has 0 bridgehead atoms. The molecule has 0 unspecified atom stereocenters. The van der Waals surface area contributed by atoms with Gasteiger partial charge in [0.1, 0.15) is 6.61 Å². The predicted octanol–water partition coefficient (Wildman–Crippen LogP) is 2.30. The lowest BCUT2D eigenvalue weighted by Gasteiger charge is -2.20. The minimum Gasteiger partial charge on any atom is -0.459 e. The van der Waals surface area contributed by atoms with Crippen LogP contribution in [0.2, 0.25) is 0 Å². The third kappa shape index (κ3) is 3.07. The summed E-state index contributed by atoms with van der Waals surface area (Å²) in [6, 6.07) is 9.68. The summed E-state index contributed by atoms with van der Waals surface area (Å²) in [5, 5.41) is 0. The Morgan fingerprint density at radius 3 is 2.81 bits per heavy atom. The van der Waals surface area contributed by atoms with Gasteiger partial charge < -0.3 is 9.47 Å². The van der Waals surface area contributed by atoms with Crippen LogP contribution in [0.1, 0.15) is 24.8 Å². The Kier molecular flexibility index (Phi) is 3.94. The highest BCUT2D eigenvalue weighted by atomic mass is 16.6. The molecular weight excluding hydrogens is 204 g/mol. The fourth-order valence-electron chi connectivity index (χ4n) is 1.75. The Morgan fingerprint density at radius 1 is 1.31 bits per heavy atom. The van der Waals surface area contributed by atoms with Gasteiger partial charge in [0.05, 0.1) is 0 Å². The zero-order valence-corrected chi connectivity index (χ0v) is 9.22. The normalized spacial score (nSPS) is 20.4. The SMILES string of the molecule is O=C(OCc1ccccc1)[C@H]1CCCCO1. The summed E-state index contributed by atoms with van der Waals surface area (Å²) in [7, 11) is 0. The molecule has 1 aromatic carbocycles. The lowest BCUT2D eigenvalue weighted by atomic mass is 10.1. The van der Waals surface area contributed by atoms with Crippen LogP contribution >= 0.6 is 0 Å². The summed E-state index contributed by atoms with van der Waals surface area (Å²) in [5.74, 6) is -0.233. The number of ether oxygens (including phenoxy) is 2. The quantitative estimate of drug-likeness (QED) is 0.733. The van der Waals surface area contributed by atoms with Gasteiger partial charge in [0.2, 0.25) is 0 Å². The summed E-state index contributed by atoms with van der Waals surface area (Å²) in [5.41, 5.74) is 1.01. The smallest absolute Gasteiger partial charge is 0.335 e. The van der Waals surface area contributed by atoms with Gasteiger partial charge in [0.15, 0.2) is 6.10 Å². The van der Waals surface area contributed by atoms with Crippen LogP contribution in [0.5, 0.6) is 0 Å². The lowest BCUT2D eigenvalue weighted by Crippen LogP contribution is -2.29. The fraction of sp³-hybridized carbons (Fsp3) is 0.462. The topological polar surface area (TPSA) is 35.5 Å². The van der Waals surface area contributed by atoms with Crippen molar-refractivity contribution in [2.75, 3.05) is 6.61 Å². The second kappa shape index (κ2) is 5.66. The number of hydrogen-bond acceptors (Lipinski definition) is 3. The van der Waals surface area contributed by atoms with Crippen LogP contribution < -0.4 is 0 Å². The summed E-state index contributed by atoms with van der Waals surface area (Å²) < 4.78 is 10.6. The van der Waals surface area contributed by atoms with Gasteiger partial charge in [0, 0.05) is 6.61 Å². The number of hydrogen-bond donors (Lipinski definition) is 0. The first-order chi connectivity index (χ1) is 7.86. The van der Waals surface area contributed by atoms with E-state index in [1.807, 2.05) is 30.3 Å². The van der Waals surface area contributed by atoms with E-state index in [0.717, 1.165) is 24.8 Å². The molecule has 3 heteroatoms. The van der Waals surface area contributed by atoms with Crippen molar-refractivity contribution in [1.82, 2.24) is 0 Å². The first-order valence-electron chi connectivity index (χ1n) is 5.68. The highest BCUT2D eigenvalue weighted by molar-refractivity contribution is 5.74. The van der Waals surface area contributed by atoms with Gasteiger partial charge in [-0.25, -0.2) is 4.79 Å². The van der Waals surface area contributed by atoms with Crippen LogP contribution in [-0.4, -0.2) is 18.7 Å². The maximum atomic E-state index is 11.6. The van der Waals surface area contributed by atoms with Gasteiger partial charge in [-0.1, -0.05) is 30.3 Å². The molecule has 0 aliphatic carbocycles. The molecule has 1 aliphatic heterocycles. The molecule has 0 saturated carbocycles. The molecule has 2 rings (SSSR count). The molecule has 1 fully saturated rings. The van der Waals surface area contributed by atoms with Crippen LogP contribution in [0.4, 0.5) is 0 Å². The number of carbonyl (C=O) groups excluding carboxylic acids is 1. The van der Waals surface area contributed by atoms with E-state index in [-0.39, 0.29) is 12.1 Å². The first-order valence-corrected chi connectivity index (χ1v) is 5.68. The van der Waals surface area contributed by atoms with Crippen LogP contribution in [-0.2, 0) is 20.9 Å². The standard InChI is InChI=1S/C13H16O3/c14-13(12-8-4-5-9-15-12)16-10-11-6-2-1-3-7-11/h1-3,6-7,12H,4-5,8-10H2/t12-/m1/s1. The van der Waals surface area contributed by atoms with Crippen molar-refractivity contribution in [3.8, 4) is 0 Å². The first kappa shape index (κ1) is 11.1. The van der Waals surface area contributed by atoms with E-state index in [1.54, 1.807) is 0 Å². The maximum absolute atomic E-state index is 11.6. The molecule has 1 aliphatic rings. The molecule has 86 valence electrons. The molecule has 0 radical (unpaired) electrons.